The molecule has 1 fully saturated rings. The maximum atomic E-state index is 12.7. The Hall–Kier alpha value is -1.91. The number of likely N-dealkylation sites (tertiary alicyclic amines) is 1. The molecule has 5 heteroatoms. The van der Waals surface area contributed by atoms with Gasteiger partial charge in [0.2, 0.25) is 0 Å². The molecule has 1 aromatic rings. The first kappa shape index (κ1) is 11.6. The van der Waals surface area contributed by atoms with Gasteiger partial charge in [-0.1, -0.05) is 0 Å². The first-order chi connectivity index (χ1) is 8.15. The molecule has 0 bridgehead atoms. The van der Waals surface area contributed by atoms with Gasteiger partial charge in [0.25, 0.3) is 0 Å². The van der Waals surface area contributed by atoms with E-state index in [-0.39, 0.29) is 24.2 Å². The maximum absolute atomic E-state index is 12.7. The maximum Gasteiger partial charge on any atom is 0.322 e. The molecule has 0 aromatic heterocycles. The Morgan fingerprint density at radius 1 is 1.29 bits per heavy atom. The van der Waals surface area contributed by atoms with Crippen LogP contribution in [0.1, 0.15) is 12.8 Å². The zero-order valence-corrected chi connectivity index (χ0v) is 9.28. The van der Waals surface area contributed by atoms with E-state index in [1.54, 1.807) is 0 Å². The zero-order chi connectivity index (χ0) is 12.3. The fourth-order valence-electron chi connectivity index (χ4n) is 1.75. The Labute approximate surface area is 98.4 Å². The van der Waals surface area contributed by atoms with Crippen molar-refractivity contribution in [3.05, 3.63) is 30.1 Å². The fourth-order valence-corrected chi connectivity index (χ4v) is 1.75. The molecule has 4 nitrogen and oxygen atoms in total. The van der Waals surface area contributed by atoms with E-state index < -0.39 is 0 Å². The molecule has 1 aromatic carbocycles. The van der Waals surface area contributed by atoms with Crippen LogP contribution in [0.5, 0.6) is 0 Å². The molecule has 2 amide bonds. The largest absolute Gasteiger partial charge is 0.322 e. The van der Waals surface area contributed by atoms with Crippen LogP contribution in [0, 0.1) is 5.82 Å². The van der Waals surface area contributed by atoms with Gasteiger partial charge in [-0.2, -0.15) is 0 Å². The average Bonchev–Trinajstić information content (AvgIpc) is 2.32. The summed E-state index contributed by atoms with van der Waals surface area (Å²) in [5.74, 6) is -0.276. The summed E-state index contributed by atoms with van der Waals surface area (Å²) in [5.41, 5.74) is 0.523. The molecule has 17 heavy (non-hydrogen) atoms. The lowest BCUT2D eigenvalue weighted by Crippen LogP contribution is -2.42. The van der Waals surface area contributed by atoms with E-state index in [1.165, 1.54) is 29.2 Å². The molecule has 1 aliphatic rings. The van der Waals surface area contributed by atoms with Crippen molar-refractivity contribution in [1.82, 2.24) is 4.90 Å². The Bertz CT molecular complexity index is 431. The summed E-state index contributed by atoms with van der Waals surface area (Å²) >= 11 is 0. The van der Waals surface area contributed by atoms with Crippen molar-refractivity contribution in [2.75, 3.05) is 18.4 Å². The zero-order valence-electron chi connectivity index (χ0n) is 9.28. The fraction of sp³-hybridized carbons (Fsp3) is 0.333. The Morgan fingerprint density at radius 3 is 2.65 bits per heavy atom. The topological polar surface area (TPSA) is 49.4 Å². The number of Topliss-reactive ketones (excluding diaryl/α,β-unsaturated/α-hetero) is 1. The van der Waals surface area contributed by atoms with E-state index in [9.17, 15) is 14.0 Å². The number of halogens is 1. The van der Waals surface area contributed by atoms with Gasteiger partial charge in [0.15, 0.2) is 5.78 Å². The number of hydrogen-bond acceptors (Lipinski definition) is 2. The van der Waals surface area contributed by atoms with Crippen molar-refractivity contribution < 1.29 is 14.0 Å². The number of nitrogens with zero attached hydrogens (tertiary/aromatic N) is 1. The molecule has 1 aliphatic heterocycles. The highest BCUT2D eigenvalue weighted by Crippen LogP contribution is 2.11. The Morgan fingerprint density at radius 2 is 2.00 bits per heavy atom. The molecular weight excluding hydrogens is 223 g/mol. The van der Waals surface area contributed by atoms with Crippen molar-refractivity contribution in [2.45, 2.75) is 12.8 Å². The summed E-state index contributed by atoms with van der Waals surface area (Å²) in [6.07, 6.45) is 1.25. The summed E-state index contributed by atoms with van der Waals surface area (Å²) in [6.45, 7) is 0.742. The van der Waals surface area contributed by atoms with Gasteiger partial charge in [0.1, 0.15) is 5.82 Å². The lowest BCUT2D eigenvalue weighted by Gasteiger charge is -2.25. The van der Waals surface area contributed by atoms with Crippen molar-refractivity contribution >= 4 is 17.5 Å². The quantitative estimate of drug-likeness (QED) is 0.811. The van der Waals surface area contributed by atoms with E-state index in [2.05, 4.69) is 5.32 Å². The van der Waals surface area contributed by atoms with Gasteiger partial charge in [-0.15, -0.1) is 0 Å². The highest BCUT2D eigenvalue weighted by Gasteiger charge is 2.21. The molecule has 0 atom stereocenters. The number of anilines is 1. The number of urea groups is 1. The molecule has 0 radical (unpaired) electrons. The number of amides is 2. The first-order valence-electron chi connectivity index (χ1n) is 5.48. The van der Waals surface area contributed by atoms with Gasteiger partial charge in [-0.25, -0.2) is 9.18 Å². The monoisotopic (exact) mass is 236 g/mol. The first-order valence-corrected chi connectivity index (χ1v) is 5.48. The van der Waals surface area contributed by atoms with Crippen LogP contribution < -0.4 is 5.32 Å². The summed E-state index contributed by atoms with van der Waals surface area (Å²) < 4.78 is 12.7. The van der Waals surface area contributed by atoms with E-state index in [0.717, 1.165) is 0 Å². The standard InChI is InChI=1S/C12H13FN2O2/c13-9-3-5-10(6-4-9)14-12(17)15-7-1-2-11(16)8-15/h3-6H,1-2,7-8H2,(H,14,17). The minimum atomic E-state index is -0.351. The molecular formula is C12H13FN2O2. The lowest BCUT2D eigenvalue weighted by molar-refractivity contribution is -0.121. The van der Waals surface area contributed by atoms with Crippen LogP contribution in [0.4, 0.5) is 14.9 Å². The number of rotatable bonds is 1. The van der Waals surface area contributed by atoms with Crippen molar-refractivity contribution in [1.29, 1.82) is 0 Å². The number of benzene rings is 1. The molecule has 1 N–H and O–H groups in total. The van der Waals surface area contributed by atoms with E-state index in [0.29, 0.717) is 25.1 Å². The van der Waals surface area contributed by atoms with Crippen molar-refractivity contribution in [3.63, 3.8) is 0 Å². The minimum absolute atomic E-state index is 0.0745. The van der Waals surface area contributed by atoms with Gasteiger partial charge in [-0.05, 0) is 30.7 Å². The third-order valence-electron chi connectivity index (χ3n) is 2.63. The summed E-state index contributed by atoms with van der Waals surface area (Å²) in [4.78, 5) is 24.4. The van der Waals surface area contributed by atoms with Crippen LogP contribution in [0.3, 0.4) is 0 Å². The summed E-state index contributed by atoms with van der Waals surface area (Å²) in [7, 11) is 0. The van der Waals surface area contributed by atoms with E-state index in [1.807, 2.05) is 0 Å². The molecule has 0 spiro atoms. The number of piperidine rings is 1. The number of carbonyl (C=O) groups is 2. The predicted molar refractivity (Wildman–Crippen MR) is 61.2 cm³/mol. The summed E-state index contributed by atoms with van der Waals surface area (Å²) in [6, 6.07) is 5.20. The number of carbonyl (C=O) groups excluding carboxylic acids is 2. The number of hydrogen-bond donors (Lipinski definition) is 1. The van der Waals surface area contributed by atoms with Crippen molar-refractivity contribution in [2.24, 2.45) is 0 Å². The second-order valence-corrected chi connectivity index (χ2v) is 4.00. The van der Waals surface area contributed by atoms with Crippen LogP contribution in [0.15, 0.2) is 24.3 Å². The Balaban J connectivity index is 1.96. The van der Waals surface area contributed by atoms with Gasteiger partial charge in [0, 0.05) is 18.7 Å². The molecule has 0 unspecified atom stereocenters. The Kier molecular flexibility index (Phi) is 3.37. The van der Waals surface area contributed by atoms with Crippen LogP contribution in [-0.4, -0.2) is 29.8 Å². The molecule has 1 heterocycles. The SMILES string of the molecule is O=C1CCCN(C(=O)Nc2ccc(F)cc2)C1. The second kappa shape index (κ2) is 4.95. The molecule has 0 aliphatic carbocycles. The highest BCUT2D eigenvalue weighted by atomic mass is 19.1. The van der Waals surface area contributed by atoms with E-state index >= 15 is 0 Å². The van der Waals surface area contributed by atoms with Crippen LogP contribution in [0.25, 0.3) is 0 Å². The minimum Gasteiger partial charge on any atom is -0.317 e. The smallest absolute Gasteiger partial charge is 0.317 e. The van der Waals surface area contributed by atoms with Crippen LogP contribution in [0.2, 0.25) is 0 Å². The van der Waals surface area contributed by atoms with Gasteiger partial charge in [0.05, 0.1) is 6.54 Å². The third kappa shape index (κ3) is 3.03. The van der Waals surface area contributed by atoms with Crippen LogP contribution in [-0.2, 0) is 4.79 Å². The lowest BCUT2D eigenvalue weighted by atomic mass is 10.1. The summed E-state index contributed by atoms with van der Waals surface area (Å²) in [5, 5.41) is 2.63. The van der Waals surface area contributed by atoms with Crippen molar-refractivity contribution in [3.8, 4) is 0 Å². The number of nitrogens with one attached hydrogen (secondary N) is 1. The van der Waals surface area contributed by atoms with Gasteiger partial charge >= 0.3 is 6.03 Å². The third-order valence-corrected chi connectivity index (χ3v) is 2.63. The van der Waals surface area contributed by atoms with Gasteiger partial charge < -0.3 is 10.2 Å². The number of ketones is 1. The van der Waals surface area contributed by atoms with Gasteiger partial charge in [-0.3, -0.25) is 4.79 Å². The average molecular weight is 236 g/mol. The second-order valence-electron chi connectivity index (χ2n) is 4.00. The predicted octanol–water partition coefficient (Wildman–Crippen LogP) is 2.02. The highest BCUT2D eigenvalue weighted by molar-refractivity contribution is 5.93. The van der Waals surface area contributed by atoms with E-state index in [4.69, 9.17) is 0 Å². The molecule has 0 saturated carbocycles. The molecule has 2 rings (SSSR count). The molecule has 90 valence electrons. The van der Waals surface area contributed by atoms with Crippen LogP contribution >= 0.6 is 0 Å². The molecule has 1 saturated heterocycles. The normalized spacial score (nSPS) is 15.8.